The summed E-state index contributed by atoms with van der Waals surface area (Å²) in [7, 11) is 2.13. The minimum atomic E-state index is -0.227. The van der Waals surface area contributed by atoms with E-state index in [4.69, 9.17) is 9.15 Å². The first kappa shape index (κ1) is 16.8. The van der Waals surface area contributed by atoms with Crippen LogP contribution in [-0.4, -0.2) is 44.8 Å². The summed E-state index contributed by atoms with van der Waals surface area (Å²) in [5, 5.41) is 0.562. The van der Waals surface area contributed by atoms with Gasteiger partial charge in [-0.3, -0.25) is 0 Å². The van der Waals surface area contributed by atoms with Crippen LogP contribution in [0.3, 0.4) is 0 Å². The quantitative estimate of drug-likeness (QED) is 0.686. The molecule has 3 heterocycles. The number of furan rings is 1. The smallest absolute Gasteiger partial charge is 0.137 e. The largest absolute Gasteiger partial charge is 0.460 e. The summed E-state index contributed by atoms with van der Waals surface area (Å²) in [6, 6.07) is 13.6. The second-order valence-electron chi connectivity index (χ2n) is 7.53. The van der Waals surface area contributed by atoms with Gasteiger partial charge in [-0.1, -0.05) is 12.1 Å². The molecular weight excluding hydrogens is 343 g/mol. The van der Waals surface area contributed by atoms with E-state index < -0.39 is 0 Å². The summed E-state index contributed by atoms with van der Waals surface area (Å²) in [4.78, 5) is 4.68. The fraction of sp³-hybridized carbons (Fsp3) is 0.364. The molecule has 2 aliphatic rings. The van der Waals surface area contributed by atoms with E-state index in [1.54, 1.807) is 6.07 Å². The lowest BCUT2D eigenvalue weighted by Crippen LogP contribution is -2.36. The van der Waals surface area contributed by atoms with Gasteiger partial charge < -0.3 is 19.0 Å². The Balaban J connectivity index is 1.54. The van der Waals surface area contributed by atoms with E-state index in [1.165, 1.54) is 22.9 Å². The van der Waals surface area contributed by atoms with Crippen LogP contribution in [0.25, 0.3) is 11.0 Å². The highest BCUT2D eigenvalue weighted by Crippen LogP contribution is 2.37. The molecule has 0 bridgehead atoms. The molecule has 2 aromatic carbocycles. The van der Waals surface area contributed by atoms with Crippen molar-refractivity contribution in [2.45, 2.75) is 12.5 Å². The highest BCUT2D eigenvalue weighted by atomic mass is 19.1. The van der Waals surface area contributed by atoms with Gasteiger partial charge in [-0.15, -0.1) is 0 Å². The number of morpholine rings is 1. The van der Waals surface area contributed by atoms with E-state index >= 15 is 0 Å². The average Bonchev–Trinajstić information content (AvgIpc) is 3.13. The van der Waals surface area contributed by atoms with Crippen LogP contribution in [0.5, 0.6) is 0 Å². The molecule has 27 heavy (non-hydrogen) atoms. The van der Waals surface area contributed by atoms with E-state index in [0.29, 0.717) is 11.0 Å². The molecule has 0 spiro atoms. The number of benzene rings is 2. The number of hydrogen-bond donors (Lipinski definition) is 0. The molecule has 0 amide bonds. The molecule has 5 rings (SSSR count). The molecule has 140 valence electrons. The number of nitrogens with zero attached hydrogens (tertiary/aromatic N) is 2. The molecule has 0 N–H and O–H groups in total. The first-order valence-electron chi connectivity index (χ1n) is 9.51. The van der Waals surface area contributed by atoms with E-state index in [0.717, 1.165) is 45.2 Å². The molecule has 1 unspecified atom stereocenters. The average molecular weight is 366 g/mol. The van der Waals surface area contributed by atoms with Crippen LogP contribution in [-0.2, 0) is 11.3 Å². The number of ether oxygens (including phenoxy) is 1. The Labute approximate surface area is 158 Å². The van der Waals surface area contributed by atoms with Gasteiger partial charge in [0.25, 0.3) is 0 Å². The van der Waals surface area contributed by atoms with Crippen molar-refractivity contribution in [3.8, 4) is 0 Å². The number of fused-ring (bicyclic) bond motifs is 2. The lowest BCUT2D eigenvalue weighted by molar-refractivity contribution is 0.122. The Kier molecular flexibility index (Phi) is 4.14. The summed E-state index contributed by atoms with van der Waals surface area (Å²) in [6.07, 6.45) is 0. The molecule has 0 radical (unpaired) electrons. The van der Waals surface area contributed by atoms with Crippen molar-refractivity contribution in [2.75, 3.05) is 44.8 Å². The van der Waals surface area contributed by atoms with Crippen molar-refractivity contribution >= 4 is 16.7 Å². The summed E-state index contributed by atoms with van der Waals surface area (Å²) in [5.74, 6) is 0.723. The third-order valence-corrected chi connectivity index (χ3v) is 5.68. The molecule has 1 saturated heterocycles. The van der Waals surface area contributed by atoms with Gasteiger partial charge in [0.2, 0.25) is 0 Å². The summed E-state index contributed by atoms with van der Waals surface area (Å²) < 4.78 is 25.6. The second kappa shape index (κ2) is 6.66. The lowest BCUT2D eigenvalue weighted by Gasteiger charge is -2.34. The van der Waals surface area contributed by atoms with Crippen LogP contribution in [0.2, 0.25) is 0 Å². The Bertz CT molecular complexity index is 978. The number of rotatable bonds is 2. The molecule has 5 heteroatoms. The highest BCUT2D eigenvalue weighted by Gasteiger charge is 2.28. The zero-order valence-electron chi connectivity index (χ0n) is 15.5. The van der Waals surface area contributed by atoms with Crippen molar-refractivity contribution in [2.24, 2.45) is 0 Å². The molecule has 0 saturated carbocycles. The summed E-state index contributed by atoms with van der Waals surface area (Å²) in [5.41, 5.74) is 4.47. The lowest BCUT2D eigenvalue weighted by atomic mass is 9.87. The van der Waals surface area contributed by atoms with Gasteiger partial charge >= 0.3 is 0 Å². The van der Waals surface area contributed by atoms with Crippen LogP contribution >= 0.6 is 0 Å². The van der Waals surface area contributed by atoms with E-state index in [9.17, 15) is 4.39 Å². The van der Waals surface area contributed by atoms with Gasteiger partial charge in [0, 0.05) is 31.9 Å². The minimum absolute atomic E-state index is 0.115. The zero-order valence-corrected chi connectivity index (χ0v) is 15.5. The van der Waals surface area contributed by atoms with Gasteiger partial charge in [0.15, 0.2) is 0 Å². The molecule has 1 atom stereocenters. The maximum atomic E-state index is 14.1. The van der Waals surface area contributed by atoms with E-state index in [2.05, 4.69) is 35.0 Å². The molecule has 1 aromatic heterocycles. The number of likely N-dealkylation sites (N-methyl/N-ethyl adjacent to an activating group) is 1. The van der Waals surface area contributed by atoms with E-state index in [1.807, 2.05) is 12.1 Å². The molecular formula is C22H23FN2O2. The molecule has 0 aliphatic carbocycles. The minimum Gasteiger partial charge on any atom is -0.460 e. The zero-order chi connectivity index (χ0) is 18.4. The van der Waals surface area contributed by atoms with Gasteiger partial charge in [-0.2, -0.15) is 0 Å². The first-order valence-corrected chi connectivity index (χ1v) is 9.51. The van der Waals surface area contributed by atoms with Gasteiger partial charge in [0.05, 0.1) is 24.5 Å². The third kappa shape index (κ3) is 3.01. The fourth-order valence-corrected chi connectivity index (χ4v) is 4.31. The van der Waals surface area contributed by atoms with Crippen molar-refractivity contribution in [1.29, 1.82) is 0 Å². The van der Waals surface area contributed by atoms with E-state index in [-0.39, 0.29) is 11.7 Å². The van der Waals surface area contributed by atoms with Crippen molar-refractivity contribution in [3.05, 3.63) is 65.2 Å². The molecule has 4 nitrogen and oxygen atoms in total. The highest BCUT2D eigenvalue weighted by molar-refractivity contribution is 5.79. The maximum absolute atomic E-state index is 14.1. The maximum Gasteiger partial charge on any atom is 0.137 e. The Hall–Kier alpha value is -2.37. The van der Waals surface area contributed by atoms with Crippen LogP contribution in [0.1, 0.15) is 22.8 Å². The Morgan fingerprint density at radius 3 is 2.74 bits per heavy atom. The standard InChI is InChI=1S/C22H23FN2O2/c1-24-13-15-11-16(25-7-9-26-10-8-25)5-6-17(15)19(14-24)22-12-18-20(23)3-2-4-21(18)27-22/h2-6,11-12,19H,7-10,13-14H2,1H3. The number of hydrogen-bond acceptors (Lipinski definition) is 4. The molecule has 2 aliphatic heterocycles. The van der Waals surface area contributed by atoms with Crippen molar-refractivity contribution in [3.63, 3.8) is 0 Å². The van der Waals surface area contributed by atoms with Crippen LogP contribution in [0.4, 0.5) is 10.1 Å². The molecule has 3 aromatic rings. The van der Waals surface area contributed by atoms with Gasteiger partial charge in [-0.05, 0) is 48.5 Å². The Morgan fingerprint density at radius 2 is 1.93 bits per heavy atom. The second-order valence-corrected chi connectivity index (χ2v) is 7.53. The molecule has 1 fully saturated rings. The third-order valence-electron chi connectivity index (χ3n) is 5.68. The number of anilines is 1. The topological polar surface area (TPSA) is 28.9 Å². The van der Waals surface area contributed by atoms with Crippen molar-refractivity contribution in [1.82, 2.24) is 4.90 Å². The monoisotopic (exact) mass is 366 g/mol. The van der Waals surface area contributed by atoms with Gasteiger partial charge in [0.1, 0.15) is 17.2 Å². The summed E-state index contributed by atoms with van der Waals surface area (Å²) in [6.45, 7) is 5.21. The van der Waals surface area contributed by atoms with Crippen LogP contribution in [0.15, 0.2) is 46.9 Å². The van der Waals surface area contributed by atoms with Crippen molar-refractivity contribution < 1.29 is 13.5 Å². The fourth-order valence-electron chi connectivity index (χ4n) is 4.31. The predicted octanol–water partition coefficient (Wildman–Crippen LogP) is 3.99. The summed E-state index contributed by atoms with van der Waals surface area (Å²) >= 11 is 0. The predicted molar refractivity (Wildman–Crippen MR) is 104 cm³/mol. The Morgan fingerprint density at radius 1 is 1.07 bits per heavy atom. The normalized spacial score (nSPS) is 20.8. The van der Waals surface area contributed by atoms with Gasteiger partial charge in [-0.25, -0.2) is 4.39 Å². The number of halogens is 1. The van der Waals surface area contributed by atoms with Crippen LogP contribution in [0, 0.1) is 5.82 Å². The van der Waals surface area contributed by atoms with Crippen LogP contribution < -0.4 is 4.90 Å². The SMILES string of the molecule is CN1Cc2cc(N3CCOCC3)ccc2C(c2cc3c(F)cccc3o2)C1. The first-order chi connectivity index (χ1) is 13.2.